The highest BCUT2D eigenvalue weighted by Crippen LogP contribution is 2.42. The topological polar surface area (TPSA) is 0 Å². The van der Waals surface area contributed by atoms with Crippen molar-refractivity contribution in [3.8, 4) is 11.1 Å². The van der Waals surface area contributed by atoms with Crippen molar-refractivity contribution < 1.29 is 0 Å². The summed E-state index contributed by atoms with van der Waals surface area (Å²) >= 11 is 0. The van der Waals surface area contributed by atoms with Crippen LogP contribution in [0.1, 0.15) is 33.4 Å². The van der Waals surface area contributed by atoms with Crippen LogP contribution >= 0.6 is 0 Å². The molecule has 1 aliphatic carbocycles. The second-order valence-corrected chi connectivity index (χ2v) is 5.27. The second kappa shape index (κ2) is 3.46. The molecule has 0 nitrogen and oxygen atoms in total. The smallest absolute Gasteiger partial charge is 0.000809 e. The molecule has 3 rings (SSSR count). The van der Waals surface area contributed by atoms with Crippen molar-refractivity contribution in [2.24, 2.45) is 0 Å². The largest absolute Gasteiger partial charge is 0.0614 e. The average Bonchev–Trinajstić information content (AvgIpc) is 2.68. The van der Waals surface area contributed by atoms with E-state index in [0.29, 0.717) is 0 Å². The molecule has 0 amide bonds. The highest BCUT2D eigenvalue weighted by Gasteiger charge is 2.23. The third-order valence-corrected chi connectivity index (χ3v) is 4.21. The van der Waals surface area contributed by atoms with Gasteiger partial charge in [-0.15, -0.1) is 0 Å². The summed E-state index contributed by atoms with van der Waals surface area (Å²) in [6.07, 6.45) is 1.12. The van der Waals surface area contributed by atoms with Crippen LogP contribution in [-0.2, 0) is 6.42 Å². The van der Waals surface area contributed by atoms with Gasteiger partial charge in [0, 0.05) is 0 Å². The molecule has 17 heavy (non-hydrogen) atoms. The second-order valence-electron chi connectivity index (χ2n) is 5.27. The first-order valence-electron chi connectivity index (χ1n) is 6.28. The van der Waals surface area contributed by atoms with Gasteiger partial charge in [0.2, 0.25) is 0 Å². The van der Waals surface area contributed by atoms with Gasteiger partial charge < -0.3 is 0 Å². The highest BCUT2D eigenvalue weighted by atomic mass is 14.3. The van der Waals surface area contributed by atoms with Crippen molar-refractivity contribution in [3.63, 3.8) is 0 Å². The van der Waals surface area contributed by atoms with Crippen LogP contribution < -0.4 is 0 Å². The lowest BCUT2D eigenvalue weighted by Crippen LogP contribution is -1.92. The molecular formula is C17H18. The summed E-state index contributed by atoms with van der Waals surface area (Å²) in [7, 11) is 0. The maximum atomic E-state index is 2.33. The van der Waals surface area contributed by atoms with Crippen LogP contribution in [0.4, 0.5) is 0 Å². The molecule has 0 aromatic heterocycles. The molecule has 0 saturated carbocycles. The van der Waals surface area contributed by atoms with Gasteiger partial charge in [-0.1, -0.05) is 24.3 Å². The van der Waals surface area contributed by atoms with Crippen molar-refractivity contribution in [2.75, 3.05) is 0 Å². The standard InChI is InChI=1S/C17H18/c1-10-6-5-7-14-15(10)9-16-12(3)8-11(2)13(4)17(14)16/h5-8H,9H2,1-4H3. The molecule has 0 unspecified atom stereocenters. The van der Waals surface area contributed by atoms with Crippen LogP contribution in [0.5, 0.6) is 0 Å². The normalized spacial score (nSPS) is 12.5. The predicted molar refractivity (Wildman–Crippen MR) is 73.6 cm³/mol. The zero-order valence-corrected chi connectivity index (χ0v) is 11.0. The summed E-state index contributed by atoms with van der Waals surface area (Å²) in [6.45, 7) is 8.94. The lowest BCUT2D eigenvalue weighted by atomic mass is 9.93. The van der Waals surface area contributed by atoms with Gasteiger partial charge in [-0.05, 0) is 78.6 Å². The molecule has 0 atom stereocenters. The Morgan fingerprint density at radius 1 is 0.824 bits per heavy atom. The van der Waals surface area contributed by atoms with Gasteiger partial charge in [0.05, 0.1) is 0 Å². The molecule has 1 aliphatic rings. The van der Waals surface area contributed by atoms with E-state index in [4.69, 9.17) is 0 Å². The van der Waals surface area contributed by atoms with E-state index in [2.05, 4.69) is 52.0 Å². The fraction of sp³-hybridized carbons (Fsp3) is 0.294. The van der Waals surface area contributed by atoms with E-state index in [-0.39, 0.29) is 0 Å². The Bertz CT molecular complexity index is 618. The molecule has 0 fully saturated rings. The minimum atomic E-state index is 1.12. The molecule has 0 saturated heterocycles. The van der Waals surface area contributed by atoms with Gasteiger partial charge in [-0.2, -0.15) is 0 Å². The van der Waals surface area contributed by atoms with Crippen LogP contribution in [0.2, 0.25) is 0 Å². The Kier molecular flexibility index (Phi) is 2.16. The van der Waals surface area contributed by atoms with Crippen LogP contribution in [0.25, 0.3) is 11.1 Å². The lowest BCUT2D eigenvalue weighted by Gasteiger charge is -2.11. The van der Waals surface area contributed by atoms with Crippen LogP contribution in [0.3, 0.4) is 0 Å². The Balaban J connectivity index is 2.40. The van der Waals surface area contributed by atoms with Crippen molar-refractivity contribution in [1.29, 1.82) is 0 Å². The van der Waals surface area contributed by atoms with Gasteiger partial charge in [-0.25, -0.2) is 0 Å². The fourth-order valence-electron chi connectivity index (χ4n) is 3.08. The Morgan fingerprint density at radius 3 is 2.35 bits per heavy atom. The van der Waals surface area contributed by atoms with Crippen molar-refractivity contribution in [2.45, 2.75) is 34.1 Å². The number of fused-ring (bicyclic) bond motifs is 3. The van der Waals surface area contributed by atoms with E-state index >= 15 is 0 Å². The van der Waals surface area contributed by atoms with Crippen molar-refractivity contribution in [3.05, 3.63) is 57.6 Å². The molecule has 0 N–H and O–H groups in total. The molecule has 0 bridgehead atoms. The summed E-state index contributed by atoms with van der Waals surface area (Å²) in [5.74, 6) is 0. The first-order chi connectivity index (χ1) is 8.09. The maximum absolute atomic E-state index is 2.33. The summed E-state index contributed by atoms with van der Waals surface area (Å²) < 4.78 is 0. The molecule has 0 radical (unpaired) electrons. The quantitative estimate of drug-likeness (QED) is 0.525. The monoisotopic (exact) mass is 222 g/mol. The molecule has 0 heteroatoms. The lowest BCUT2D eigenvalue weighted by molar-refractivity contribution is 1.17. The first kappa shape index (κ1) is 10.6. The van der Waals surface area contributed by atoms with Gasteiger partial charge in [0.15, 0.2) is 0 Å². The summed E-state index contributed by atoms with van der Waals surface area (Å²) in [5.41, 5.74) is 11.8. The molecule has 2 aromatic rings. The fourth-order valence-corrected chi connectivity index (χ4v) is 3.08. The van der Waals surface area contributed by atoms with E-state index in [1.54, 1.807) is 0 Å². The minimum Gasteiger partial charge on any atom is -0.0614 e. The van der Waals surface area contributed by atoms with Gasteiger partial charge >= 0.3 is 0 Å². The molecule has 0 heterocycles. The average molecular weight is 222 g/mol. The zero-order valence-electron chi connectivity index (χ0n) is 11.0. The highest BCUT2D eigenvalue weighted by molar-refractivity contribution is 5.82. The summed E-state index contributed by atoms with van der Waals surface area (Å²) in [6, 6.07) is 9.01. The number of benzene rings is 2. The molecule has 0 spiro atoms. The first-order valence-corrected chi connectivity index (χ1v) is 6.28. The summed E-state index contributed by atoms with van der Waals surface area (Å²) in [5, 5.41) is 0. The zero-order chi connectivity index (χ0) is 12.2. The number of hydrogen-bond acceptors (Lipinski definition) is 0. The molecular weight excluding hydrogens is 204 g/mol. The SMILES string of the molecule is Cc1cc(C)c2c(c1C)-c1cccc(C)c1C2. The number of aryl methyl sites for hydroxylation is 3. The molecule has 86 valence electrons. The predicted octanol–water partition coefficient (Wildman–Crippen LogP) is 4.49. The van der Waals surface area contributed by atoms with Gasteiger partial charge in [-0.3, -0.25) is 0 Å². The van der Waals surface area contributed by atoms with E-state index in [1.807, 2.05) is 0 Å². The number of rotatable bonds is 0. The third kappa shape index (κ3) is 1.37. The van der Waals surface area contributed by atoms with Crippen LogP contribution in [0, 0.1) is 27.7 Å². The van der Waals surface area contributed by atoms with Crippen molar-refractivity contribution in [1.82, 2.24) is 0 Å². The van der Waals surface area contributed by atoms with E-state index in [9.17, 15) is 0 Å². The van der Waals surface area contributed by atoms with E-state index in [0.717, 1.165) is 6.42 Å². The minimum absolute atomic E-state index is 1.12. The van der Waals surface area contributed by atoms with E-state index < -0.39 is 0 Å². The number of hydrogen-bond donors (Lipinski definition) is 0. The van der Waals surface area contributed by atoms with Gasteiger partial charge in [0.1, 0.15) is 0 Å². The van der Waals surface area contributed by atoms with Crippen LogP contribution in [0.15, 0.2) is 24.3 Å². The summed E-state index contributed by atoms with van der Waals surface area (Å²) in [4.78, 5) is 0. The maximum Gasteiger partial charge on any atom is -0.000809 e. The van der Waals surface area contributed by atoms with Crippen LogP contribution in [-0.4, -0.2) is 0 Å². The Morgan fingerprint density at radius 2 is 1.59 bits per heavy atom. The van der Waals surface area contributed by atoms with Gasteiger partial charge in [0.25, 0.3) is 0 Å². The molecule has 2 aromatic carbocycles. The van der Waals surface area contributed by atoms with E-state index in [1.165, 1.54) is 44.5 Å². The van der Waals surface area contributed by atoms with Crippen molar-refractivity contribution >= 4 is 0 Å². The Hall–Kier alpha value is -1.56. The Labute approximate surface area is 103 Å². The third-order valence-electron chi connectivity index (χ3n) is 4.21. The molecule has 0 aliphatic heterocycles.